The molecule has 18 heavy (non-hydrogen) atoms. The molecule has 2 atom stereocenters. The molecule has 1 aliphatic heterocycles. The molecule has 0 aromatic heterocycles. The van der Waals surface area contributed by atoms with Gasteiger partial charge in [-0.15, -0.1) is 0 Å². The van der Waals surface area contributed by atoms with Crippen molar-refractivity contribution < 1.29 is 14.3 Å². The van der Waals surface area contributed by atoms with Crippen molar-refractivity contribution in [1.29, 1.82) is 0 Å². The lowest BCUT2D eigenvalue weighted by Gasteiger charge is -2.35. The van der Waals surface area contributed by atoms with Crippen LogP contribution >= 0.6 is 0 Å². The zero-order valence-electron chi connectivity index (χ0n) is 10.3. The first kappa shape index (κ1) is 12.8. The van der Waals surface area contributed by atoms with Crippen LogP contribution in [0.2, 0.25) is 0 Å². The zero-order chi connectivity index (χ0) is 13.3. The van der Waals surface area contributed by atoms with Crippen molar-refractivity contribution in [2.45, 2.75) is 19.4 Å². The Morgan fingerprint density at radius 3 is 2.89 bits per heavy atom. The highest BCUT2D eigenvalue weighted by Gasteiger charge is 2.28. The molecule has 0 saturated carbocycles. The van der Waals surface area contributed by atoms with Crippen LogP contribution in [0.25, 0.3) is 0 Å². The number of carbonyl (C=O) groups excluding carboxylic acids is 1. The Morgan fingerprint density at radius 2 is 2.28 bits per heavy atom. The van der Waals surface area contributed by atoms with E-state index in [9.17, 15) is 14.3 Å². The number of halogens is 1. The van der Waals surface area contributed by atoms with Crippen molar-refractivity contribution in [3.8, 4) is 5.75 Å². The van der Waals surface area contributed by atoms with Crippen molar-refractivity contribution in [3.05, 3.63) is 29.6 Å². The minimum atomic E-state index is -0.562. The lowest BCUT2D eigenvalue weighted by molar-refractivity contribution is 0.0669. The molecule has 0 radical (unpaired) electrons. The standard InChI is InChI=1S/C13H17FN2O2/c1-8-4-5-16(7-11(8)15)13(18)10-3-2-9(14)6-12(10)17/h2-3,6,8,11,17H,4-5,7,15H2,1H3. The topological polar surface area (TPSA) is 66.6 Å². The van der Waals surface area contributed by atoms with E-state index >= 15 is 0 Å². The van der Waals surface area contributed by atoms with Crippen LogP contribution in [0, 0.1) is 11.7 Å². The summed E-state index contributed by atoms with van der Waals surface area (Å²) in [5, 5.41) is 9.59. The third kappa shape index (κ3) is 2.46. The van der Waals surface area contributed by atoms with Gasteiger partial charge in [0.05, 0.1) is 5.56 Å². The molecule has 98 valence electrons. The van der Waals surface area contributed by atoms with E-state index in [0.29, 0.717) is 19.0 Å². The molecule has 0 aliphatic carbocycles. The Balaban J connectivity index is 2.16. The van der Waals surface area contributed by atoms with Gasteiger partial charge in [0.1, 0.15) is 11.6 Å². The van der Waals surface area contributed by atoms with Crippen molar-refractivity contribution in [3.63, 3.8) is 0 Å². The number of aromatic hydroxyl groups is 1. The largest absolute Gasteiger partial charge is 0.507 e. The van der Waals surface area contributed by atoms with E-state index in [1.54, 1.807) is 4.90 Å². The third-order valence-electron chi connectivity index (χ3n) is 3.49. The number of benzene rings is 1. The Bertz CT molecular complexity index is 464. The Kier molecular flexibility index (Phi) is 3.52. The fourth-order valence-corrected chi connectivity index (χ4v) is 2.14. The highest BCUT2D eigenvalue weighted by atomic mass is 19.1. The smallest absolute Gasteiger partial charge is 0.257 e. The summed E-state index contributed by atoms with van der Waals surface area (Å²) in [5.74, 6) is -0.800. The normalized spacial score (nSPS) is 24.1. The summed E-state index contributed by atoms with van der Waals surface area (Å²) in [4.78, 5) is 13.8. The van der Waals surface area contributed by atoms with Gasteiger partial charge in [-0.05, 0) is 24.5 Å². The fraction of sp³-hybridized carbons (Fsp3) is 0.462. The molecule has 0 spiro atoms. The number of phenolic OH excluding ortho intramolecular Hbond substituents is 1. The van der Waals surface area contributed by atoms with E-state index < -0.39 is 5.82 Å². The van der Waals surface area contributed by atoms with Gasteiger partial charge in [0, 0.05) is 25.2 Å². The van der Waals surface area contributed by atoms with E-state index in [4.69, 9.17) is 5.73 Å². The van der Waals surface area contributed by atoms with Crippen LogP contribution in [0.15, 0.2) is 18.2 Å². The highest BCUT2D eigenvalue weighted by Crippen LogP contribution is 2.23. The molecule has 1 aromatic rings. The second kappa shape index (κ2) is 4.94. The molecule has 4 nitrogen and oxygen atoms in total. The second-order valence-corrected chi connectivity index (χ2v) is 4.84. The van der Waals surface area contributed by atoms with Gasteiger partial charge in [0.25, 0.3) is 5.91 Å². The first-order valence-corrected chi connectivity index (χ1v) is 6.02. The minimum Gasteiger partial charge on any atom is -0.507 e. The molecule has 3 N–H and O–H groups in total. The maximum atomic E-state index is 12.9. The molecule has 0 bridgehead atoms. The monoisotopic (exact) mass is 252 g/mol. The number of amides is 1. The fourth-order valence-electron chi connectivity index (χ4n) is 2.14. The summed E-state index contributed by atoms with van der Waals surface area (Å²) in [6, 6.07) is 3.36. The first-order chi connectivity index (χ1) is 8.49. The molecule has 1 aliphatic rings. The predicted molar refractivity (Wildman–Crippen MR) is 65.7 cm³/mol. The van der Waals surface area contributed by atoms with E-state index in [-0.39, 0.29) is 23.3 Å². The van der Waals surface area contributed by atoms with Crippen LogP contribution in [-0.4, -0.2) is 35.0 Å². The molecule has 2 rings (SSSR count). The van der Waals surface area contributed by atoms with E-state index in [0.717, 1.165) is 12.5 Å². The number of hydrogen-bond acceptors (Lipinski definition) is 3. The van der Waals surface area contributed by atoms with Gasteiger partial charge in [0.2, 0.25) is 0 Å². The SMILES string of the molecule is CC1CCN(C(=O)c2ccc(F)cc2O)CC1N. The number of phenols is 1. The van der Waals surface area contributed by atoms with Crippen molar-refractivity contribution in [2.24, 2.45) is 11.7 Å². The van der Waals surface area contributed by atoms with Gasteiger partial charge >= 0.3 is 0 Å². The van der Waals surface area contributed by atoms with Crippen LogP contribution in [0.1, 0.15) is 23.7 Å². The molecular weight excluding hydrogens is 235 g/mol. The molecule has 1 heterocycles. The number of carbonyl (C=O) groups is 1. The van der Waals surface area contributed by atoms with Crippen molar-refractivity contribution in [1.82, 2.24) is 4.90 Å². The summed E-state index contributed by atoms with van der Waals surface area (Å²) in [6.07, 6.45) is 0.842. The van der Waals surface area contributed by atoms with E-state index in [1.807, 2.05) is 0 Å². The molecule has 5 heteroatoms. The van der Waals surface area contributed by atoms with Crippen LogP contribution in [0.4, 0.5) is 4.39 Å². The molecular formula is C13H17FN2O2. The molecule has 2 unspecified atom stereocenters. The van der Waals surface area contributed by atoms with Gasteiger partial charge in [0.15, 0.2) is 0 Å². The third-order valence-corrected chi connectivity index (χ3v) is 3.49. The molecule has 1 amide bonds. The van der Waals surface area contributed by atoms with E-state index in [2.05, 4.69) is 6.92 Å². The Morgan fingerprint density at radius 1 is 1.56 bits per heavy atom. The van der Waals surface area contributed by atoms with Gasteiger partial charge < -0.3 is 15.7 Å². The van der Waals surface area contributed by atoms with E-state index in [1.165, 1.54) is 12.1 Å². The lowest BCUT2D eigenvalue weighted by Crippen LogP contribution is -2.49. The maximum absolute atomic E-state index is 12.9. The molecule has 1 saturated heterocycles. The molecule has 1 aromatic carbocycles. The van der Waals surface area contributed by atoms with Crippen LogP contribution in [0.3, 0.4) is 0 Å². The van der Waals surface area contributed by atoms with Crippen LogP contribution < -0.4 is 5.73 Å². The number of nitrogens with zero attached hydrogens (tertiary/aromatic N) is 1. The summed E-state index contributed by atoms with van der Waals surface area (Å²) in [6.45, 7) is 3.14. The average molecular weight is 252 g/mol. The quantitative estimate of drug-likeness (QED) is 0.792. The summed E-state index contributed by atoms with van der Waals surface area (Å²) in [5.41, 5.74) is 6.05. The van der Waals surface area contributed by atoms with Gasteiger partial charge in [-0.1, -0.05) is 6.92 Å². The highest BCUT2D eigenvalue weighted by molar-refractivity contribution is 5.96. The minimum absolute atomic E-state index is 0.0507. The second-order valence-electron chi connectivity index (χ2n) is 4.84. The number of nitrogens with two attached hydrogens (primary N) is 1. The number of likely N-dealkylation sites (tertiary alicyclic amines) is 1. The number of hydrogen-bond donors (Lipinski definition) is 2. The van der Waals surface area contributed by atoms with Crippen molar-refractivity contribution in [2.75, 3.05) is 13.1 Å². The van der Waals surface area contributed by atoms with Crippen molar-refractivity contribution >= 4 is 5.91 Å². The maximum Gasteiger partial charge on any atom is 0.257 e. The summed E-state index contributed by atoms with van der Waals surface area (Å²) < 4.78 is 12.9. The number of rotatable bonds is 1. The molecule has 1 fully saturated rings. The van der Waals surface area contributed by atoms with Gasteiger partial charge in [-0.3, -0.25) is 4.79 Å². The first-order valence-electron chi connectivity index (χ1n) is 6.02. The van der Waals surface area contributed by atoms with Gasteiger partial charge in [-0.2, -0.15) is 0 Å². The lowest BCUT2D eigenvalue weighted by atomic mass is 9.94. The Labute approximate surface area is 105 Å². The zero-order valence-corrected chi connectivity index (χ0v) is 10.3. The summed E-state index contributed by atoms with van der Waals surface area (Å²) >= 11 is 0. The average Bonchev–Trinajstić information content (AvgIpc) is 2.32. The number of piperidine rings is 1. The van der Waals surface area contributed by atoms with Gasteiger partial charge in [-0.25, -0.2) is 4.39 Å². The summed E-state index contributed by atoms with van der Waals surface area (Å²) in [7, 11) is 0. The Hall–Kier alpha value is -1.62. The van der Waals surface area contributed by atoms with Crippen LogP contribution in [0.5, 0.6) is 5.75 Å². The van der Waals surface area contributed by atoms with Crippen LogP contribution in [-0.2, 0) is 0 Å². The predicted octanol–water partition coefficient (Wildman–Crippen LogP) is 1.34.